The third-order valence-corrected chi connectivity index (χ3v) is 3.00. The van der Waals surface area contributed by atoms with Crippen LogP contribution in [0.2, 0.25) is 0 Å². The van der Waals surface area contributed by atoms with E-state index in [1.807, 2.05) is 10.9 Å². The Morgan fingerprint density at radius 1 is 1.28 bits per heavy atom. The molecule has 2 rings (SSSR count). The molecule has 4 nitrogen and oxygen atoms in total. The van der Waals surface area contributed by atoms with Crippen molar-refractivity contribution in [2.45, 2.75) is 39.9 Å². The van der Waals surface area contributed by atoms with Crippen LogP contribution < -0.4 is 5.32 Å². The second kappa shape index (κ2) is 5.87. The van der Waals surface area contributed by atoms with Gasteiger partial charge in [0.1, 0.15) is 0 Å². The Morgan fingerprint density at radius 2 is 2.11 bits per heavy atom. The van der Waals surface area contributed by atoms with E-state index in [0.29, 0.717) is 6.04 Å². The Labute approximate surface area is 109 Å². The lowest BCUT2D eigenvalue weighted by atomic mass is 10.4. The molecular formula is C14H22N4. The van der Waals surface area contributed by atoms with Crippen LogP contribution in [0.3, 0.4) is 0 Å². The molecule has 0 bridgehead atoms. The van der Waals surface area contributed by atoms with E-state index in [1.165, 1.54) is 5.69 Å². The molecule has 0 amide bonds. The third kappa shape index (κ3) is 3.01. The SMILES string of the molecule is CCNCc1cccn1Cc1ccn(C(C)C)n1. The zero-order valence-corrected chi connectivity index (χ0v) is 11.4. The van der Waals surface area contributed by atoms with Crippen molar-refractivity contribution >= 4 is 0 Å². The van der Waals surface area contributed by atoms with Crippen molar-refractivity contribution in [1.82, 2.24) is 19.7 Å². The van der Waals surface area contributed by atoms with Crippen molar-refractivity contribution in [3.8, 4) is 0 Å². The molecule has 0 saturated heterocycles. The molecular weight excluding hydrogens is 224 g/mol. The van der Waals surface area contributed by atoms with Crippen molar-refractivity contribution in [3.05, 3.63) is 42.0 Å². The molecule has 98 valence electrons. The van der Waals surface area contributed by atoms with Crippen molar-refractivity contribution in [3.63, 3.8) is 0 Å². The highest BCUT2D eigenvalue weighted by molar-refractivity contribution is 5.10. The van der Waals surface area contributed by atoms with Gasteiger partial charge in [0.15, 0.2) is 0 Å². The summed E-state index contributed by atoms with van der Waals surface area (Å²) in [4.78, 5) is 0. The van der Waals surface area contributed by atoms with E-state index in [-0.39, 0.29) is 0 Å². The Balaban J connectivity index is 2.06. The Hall–Kier alpha value is -1.55. The number of nitrogens with zero attached hydrogens (tertiary/aromatic N) is 3. The van der Waals surface area contributed by atoms with Gasteiger partial charge < -0.3 is 9.88 Å². The summed E-state index contributed by atoms with van der Waals surface area (Å²) < 4.78 is 4.25. The lowest BCUT2D eigenvalue weighted by Crippen LogP contribution is -2.15. The molecule has 2 heterocycles. The Kier molecular flexibility index (Phi) is 4.20. The van der Waals surface area contributed by atoms with Crippen LogP contribution in [0.4, 0.5) is 0 Å². The van der Waals surface area contributed by atoms with Gasteiger partial charge in [-0.2, -0.15) is 5.10 Å². The molecule has 0 aliphatic carbocycles. The smallest absolute Gasteiger partial charge is 0.0821 e. The van der Waals surface area contributed by atoms with Gasteiger partial charge in [-0.1, -0.05) is 6.92 Å². The Morgan fingerprint density at radius 3 is 2.78 bits per heavy atom. The molecule has 0 unspecified atom stereocenters. The summed E-state index contributed by atoms with van der Waals surface area (Å²) in [6.45, 7) is 9.15. The molecule has 1 N–H and O–H groups in total. The van der Waals surface area contributed by atoms with Crippen LogP contribution in [-0.4, -0.2) is 20.9 Å². The number of hydrogen-bond donors (Lipinski definition) is 1. The fourth-order valence-corrected chi connectivity index (χ4v) is 1.94. The van der Waals surface area contributed by atoms with Gasteiger partial charge in [0.05, 0.1) is 12.2 Å². The van der Waals surface area contributed by atoms with Gasteiger partial charge in [-0.05, 0) is 38.6 Å². The first-order valence-corrected chi connectivity index (χ1v) is 6.59. The number of nitrogens with one attached hydrogen (secondary N) is 1. The van der Waals surface area contributed by atoms with Gasteiger partial charge in [-0.3, -0.25) is 4.68 Å². The van der Waals surface area contributed by atoms with E-state index in [4.69, 9.17) is 0 Å². The standard InChI is InChI=1S/C14H22N4/c1-4-15-10-14-6-5-8-17(14)11-13-7-9-18(16-13)12(2)3/h5-9,12,15H,4,10-11H2,1-3H3. The van der Waals surface area contributed by atoms with Crippen LogP contribution in [0, 0.1) is 0 Å². The lowest BCUT2D eigenvalue weighted by molar-refractivity contribution is 0.522. The maximum Gasteiger partial charge on any atom is 0.0821 e. The maximum absolute atomic E-state index is 4.58. The fraction of sp³-hybridized carbons (Fsp3) is 0.500. The summed E-state index contributed by atoms with van der Waals surface area (Å²) in [7, 11) is 0. The molecule has 0 spiro atoms. The van der Waals surface area contributed by atoms with E-state index in [2.05, 4.69) is 60.1 Å². The number of aromatic nitrogens is 3. The minimum atomic E-state index is 0.421. The topological polar surface area (TPSA) is 34.8 Å². The van der Waals surface area contributed by atoms with Crippen LogP contribution in [0.25, 0.3) is 0 Å². The van der Waals surface area contributed by atoms with Gasteiger partial charge in [-0.25, -0.2) is 0 Å². The lowest BCUT2D eigenvalue weighted by Gasteiger charge is -2.08. The predicted molar refractivity (Wildman–Crippen MR) is 73.5 cm³/mol. The van der Waals surface area contributed by atoms with E-state index < -0.39 is 0 Å². The average molecular weight is 246 g/mol. The average Bonchev–Trinajstić information content (AvgIpc) is 2.96. The van der Waals surface area contributed by atoms with Crippen LogP contribution in [0.15, 0.2) is 30.6 Å². The minimum absolute atomic E-state index is 0.421. The van der Waals surface area contributed by atoms with Crippen LogP contribution in [0.1, 0.15) is 38.2 Å². The van der Waals surface area contributed by atoms with Crippen LogP contribution >= 0.6 is 0 Å². The Bertz CT molecular complexity index is 481. The van der Waals surface area contributed by atoms with Gasteiger partial charge in [0.2, 0.25) is 0 Å². The van der Waals surface area contributed by atoms with Crippen LogP contribution in [0.5, 0.6) is 0 Å². The van der Waals surface area contributed by atoms with Gasteiger partial charge >= 0.3 is 0 Å². The van der Waals surface area contributed by atoms with Gasteiger partial charge in [0, 0.05) is 30.7 Å². The normalized spacial score (nSPS) is 11.3. The monoisotopic (exact) mass is 246 g/mol. The maximum atomic E-state index is 4.58. The van der Waals surface area contributed by atoms with E-state index >= 15 is 0 Å². The van der Waals surface area contributed by atoms with Crippen molar-refractivity contribution < 1.29 is 0 Å². The van der Waals surface area contributed by atoms with Gasteiger partial charge in [-0.15, -0.1) is 0 Å². The molecule has 2 aromatic rings. The summed E-state index contributed by atoms with van der Waals surface area (Å²) in [5, 5.41) is 7.94. The first kappa shape index (κ1) is 12.9. The highest BCUT2D eigenvalue weighted by Gasteiger charge is 2.05. The summed E-state index contributed by atoms with van der Waals surface area (Å²) in [6.07, 6.45) is 4.16. The third-order valence-electron chi connectivity index (χ3n) is 3.00. The molecule has 0 aliphatic heterocycles. The zero-order valence-electron chi connectivity index (χ0n) is 11.4. The predicted octanol–water partition coefficient (Wildman–Crippen LogP) is 2.42. The largest absolute Gasteiger partial charge is 0.344 e. The quantitative estimate of drug-likeness (QED) is 0.849. The fourth-order valence-electron chi connectivity index (χ4n) is 1.94. The molecule has 0 atom stereocenters. The minimum Gasteiger partial charge on any atom is -0.344 e. The molecule has 4 heteroatoms. The summed E-state index contributed by atoms with van der Waals surface area (Å²) >= 11 is 0. The van der Waals surface area contributed by atoms with E-state index in [0.717, 1.165) is 25.3 Å². The second-order valence-electron chi connectivity index (χ2n) is 4.79. The molecule has 0 aromatic carbocycles. The molecule has 2 aromatic heterocycles. The summed E-state index contributed by atoms with van der Waals surface area (Å²) in [5.74, 6) is 0. The van der Waals surface area contributed by atoms with Crippen molar-refractivity contribution in [1.29, 1.82) is 0 Å². The molecule has 0 radical (unpaired) electrons. The highest BCUT2D eigenvalue weighted by Crippen LogP contribution is 2.08. The van der Waals surface area contributed by atoms with E-state index in [9.17, 15) is 0 Å². The van der Waals surface area contributed by atoms with Gasteiger partial charge in [0.25, 0.3) is 0 Å². The first-order valence-electron chi connectivity index (χ1n) is 6.59. The van der Waals surface area contributed by atoms with Crippen molar-refractivity contribution in [2.24, 2.45) is 0 Å². The van der Waals surface area contributed by atoms with Crippen molar-refractivity contribution in [2.75, 3.05) is 6.54 Å². The molecule has 0 aliphatic rings. The zero-order chi connectivity index (χ0) is 13.0. The molecule has 0 saturated carbocycles. The number of hydrogen-bond acceptors (Lipinski definition) is 2. The van der Waals surface area contributed by atoms with Crippen LogP contribution in [-0.2, 0) is 13.1 Å². The number of rotatable bonds is 6. The first-order chi connectivity index (χ1) is 8.70. The molecule has 0 fully saturated rings. The summed E-state index contributed by atoms with van der Waals surface area (Å²) in [6, 6.07) is 6.76. The second-order valence-corrected chi connectivity index (χ2v) is 4.79. The highest BCUT2D eigenvalue weighted by atomic mass is 15.3. The summed E-state index contributed by atoms with van der Waals surface area (Å²) in [5.41, 5.74) is 2.41. The molecule has 18 heavy (non-hydrogen) atoms. The van der Waals surface area contributed by atoms with E-state index in [1.54, 1.807) is 0 Å².